The molecule has 32 heavy (non-hydrogen) atoms. The average molecular weight is 478 g/mol. The van der Waals surface area contributed by atoms with Crippen LogP contribution in [0.25, 0.3) is 0 Å². The first kappa shape index (κ1) is 24.8. The zero-order valence-electron chi connectivity index (χ0n) is 18.3. The monoisotopic (exact) mass is 477 g/mol. The van der Waals surface area contributed by atoms with Crippen LogP contribution in [0.2, 0.25) is 0 Å². The third-order valence-electron chi connectivity index (χ3n) is 6.12. The summed E-state index contributed by atoms with van der Waals surface area (Å²) in [6.07, 6.45) is -2.55. The number of carbonyl (C=O) groups excluding carboxylic acids is 1. The second-order valence-electron chi connectivity index (χ2n) is 8.64. The summed E-state index contributed by atoms with van der Waals surface area (Å²) in [6.45, 7) is 7.46. The van der Waals surface area contributed by atoms with Crippen molar-refractivity contribution in [1.29, 1.82) is 0 Å². The van der Waals surface area contributed by atoms with Gasteiger partial charge in [-0.25, -0.2) is 13.1 Å². The number of hydrogen-bond donors (Lipinski definition) is 1. The Bertz CT molecular complexity index is 875. The molecule has 1 aliphatic heterocycles. The summed E-state index contributed by atoms with van der Waals surface area (Å²) < 4.78 is 68.3. The minimum Gasteiger partial charge on any atom is -0.406 e. The Morgan fingerprint density at radius 3 is 2.09 bits per heavy atom. The molecule has 0 spiro atoms. The van der Waals surface area contributed by atoms with Gasteiger partial charge in [0.15, 0.2) is 0 Å². The van der Waals surface area contributed by atoms with Gasteiger partial charge in [-0.15, -0.1) is 13.2 Å². The summed E-state index contributed by atoms with van der Waals surface area (Å²) in [5, 5.41) is 0. The molecule has 1 aliphatic carbocycles. The van der Waals surface area contributed by atoms with Crippen molar-refractivity contribution in [2.24, 2.45) is 5.92 Å². The maximum atomic E-state index is 12.9. The lowest BCUT2D eigenvalue weighted by Crippen LogP contribution is -2.52. The van der Waals surface area contributed by atoms with E-state index >= 15 is 0 Å². The van der Waals surface area contributed by atoms with Gasteiger partial charge in [-0.1, -0.05) is 0 Å². The average Bonchev–Trinajstić information content (AvgIpc) is 2.73. The lowest BCUT2D eigenvalue weighted by molar-refractivity contribution is -0.274. The quantitative estimate of drug-likeness (QED) is 0.682. The predicted molar refractivity (Wildman–Crippen MR) is 112 cm³/mol. The first-order chi connectivity index (χ1) is 14.9. The number of benzene rings is 1. The van der Waals surface area contributed by atoms with E-state index in [2.05, 4.69) is 28.2 Å². The van der Waals surface area contributed by atoms with Crippen molar-refractivity contribution in [3.63, 3.8) is 0 Å². The fourth-order valence-electron chi connectivity index (χ4n) is 4.28. The van der Waals surface area contributed by atoms with E-state index in [-0.39, 0.29) is 22.8 Å². The zero-order valence-corrected chi connectivity index (χ0v) is 19.1. The summed E-state index contributed by atoms with van der Waals surface area (Å²) in [6, 6.07) is 4.25. The van der Waals surface area contributed by atoms with Crippen molar-refractivity contribution in [3.05, 3.63) is 24.3 Å². The summed E-state index contributed by atoms with van der Waals surface area (Å²) in [7, 11) is -3.88. The summed E-state index contributed by atoms with van der Waals surface area (Å²) in [4.78, 5) is 17.0. The van der Waals surface area contributed by atoms with Gasteiger partial charge < -0.3 is 9.64 Å². The second kappa shape index (κ2) is 9.96. The number of hydrogen-bond acceptors (Lipinski definition) is 5. The van der Waals surface area contributed by atoms with Crippen LogP contribution in [-0.4, -0.2) is 68.7 Å². The van der Waals surface area contributed by atoms with Crippen molar-refractivity contribution < 1.29 is 31.1 Å². The predicted octanol–water partition coefficient (Wildman–Crippen LogP) is 2.97. The molecule has 2 fully saturated rings. The highest BCUT2D eigenvalue weighted by Crippen LogP contribution is 2.28. The van der Waals surface area contributed by atoms with Crippen molar-refractivity contribution in [2.75, 3.05) is 26.2 Å². The molecular formula is C21H30F3N3O4S. The van der Waals surface area contributed by atoms with Gasteiger partial charge in [-0.3, -0.25) is 9.69 Å². The van der Waals surface area contributed by atoms with E-state index < -0.39 is 22.1 Å². The molecule has 3 rings (SSSR count). The first-order valence-electron chi connectivity index (χ1n) is 10.9. The summed E-state index contributed by atoms with van der Waals surface area (Å²) >= 11 is 0. The smallest absolute Gasteiger partial charge is 0.406 e. The molecule has 1 heterocycles. The van der Waals surface area contributed by atoms with Crippen LogP contribution in [0, 0.1) is 5.92 Å². The Morgan fingerprint density at radius 2 is 1.59 bits per heavy atom. The molecule has 11 heteroatoms. The number of sulfonamides is 1. The molecule has 1 amide bonds. The third-order valence-corrected chi connectivity index (χ3v) is 7.66. The Balaban J connectivity index is 1.49. The molecule has 0 atom stereocenters. The molecule has 0 radical (unpaired) electrons. The topological polar surface area (TPSA) is 79.0 Å². The van der Waals surface area contributed by atoms with Gasteiger partial charge in [0, 0.05) is 44.2 Å². The van der Waals surface area contributed by atoms with Crippen LogP contribution < -0.4 is 9.46 Å². The van der Waals surface area contributed by atoms with E-state index in [4.69, 9.17) is 0 Å². The molecule has 1 N–H and O–H groups in total. The van der Waals surface area contributed by atoms with Crippen LogP contribution in [-0.2, 0) is 14.8 Å². The van der Waals surface area contributed by atoms with Gasteiger partial charge in [-0.2, -0.15) is 0 Å². The van der Waals surface area contributed by atoms with Gasteiger partial charge >= 0.3 is 6.36 Å². The number of rotatable bonds is 6. The number of piperazine rings is 1. The Labute approximate surface area is 186 Å². The number of nitrogens with zero attached hydrogens (tertiary/aromatic N) is 2. The van der Waals surface area contributed by atoms with Gasteiger partial charge in [0.2, 0.25) is 15.9 Å². The Kier molecular flexibility index (Phi) is 7.72. The molecule has 1 saturated heterocycles. The fraction of sp³-hybridized carbons (Fsp3) is 0.667. The molecular weight excluding hydrogens is 447 g/mol. The van der Waals surface area contributed by atoms with Crippen LogP contribution in [0.3, 0.4) is 0 Å². The van der Waals surface area contributed by atoms with Crippen LogP contribution in [0.1, 0.15) is 39.5 Å². The third kappa shape index (κ3) is 6.58. The number of amides is 1. The number of halogens is 3. The van der Waals surface area contributed by atoms with Crippen LogP contribution >= 0.6 is 0 Å². The molecule has 0 bridgehead atoms. The highest BCUT2D eigenvalue weighted by Gasteiger charge is 2.33. The van der Waals surface area contributed by atoms with E-state index in [1.54, 1.807) is 0 Å². The normalized spacial score (nSPS) is 23.4. The van der Waals surface area contributed by atoms with Crippen molar-refractivity contribution in [3.8, 4) is 5.75 Å². The minimum absolute atomic E-state index is 0.0971. The Morgan fingerprint density at radius 1 is 1.03 bits per heavy atom. The highest BCUT2D eigenvalue weighted by atomic mass is 32.2. The van der Waals surface area contributed by atoms with Gasteiger partial charge in [-0.05, 0) is 63.8 Å². The largest absolute Gasteiger partial charge is 0.573 e. The van der Waals surface area contributed by atoms with Crippen molar-refractivity contribution in [2.45, 2.75) is 62.9 Å². The fourth-order valence-corrected chi connectivity index (χ4v) is 5.59. The van der Waals surface area contributed by atoms with Crippen LogP contribution in [0.5, 0.6) is 5.75 Å². The lowest BCUT2D eigenvalue weighted by Gasteiger charge is -2.39. The van der Waals surface area contributed by atoms with E-state index in [9.17, 15) is 26.4 Å². The van der Waals surface area contributed by atoms with E-state index in [0.717, 1.165) is 50.4 Å². The number of ether oxygens (including phenoxy) is 1. The molecule has 1 saturated carbocycles. The highest BCUT2D eigenvalue weighted by molar-refractivity contribution is 7.89. The molecule has 1 aromatic carbocycles. The second-order valence-corrected chi connectivity index (χ2v) is 10.4. The zero-order chi connectivity index (χ0) is 23.5. The molecule has 7 nitrogen and oxygen atoms in total. The van der Waals surface area contributed by atoms with E-state index in [1.807, 2.05) is 4.90 Å². The molecule has 2 aliphatic rings. The van der Waals surface area contributed by atoms with E-state index in [1.165, 1.54) is 0 Å². The molecule has 180 valence electrons. The number of alkyl halides is 3. The molecule has 0 unspecified atom stereocenters. The standard InChI is InChI=1S/C21H30F3N3O4S/c1-15(2)26-11-13-27(14-12-26)20(28)16-3-5-17(6-4-16)25-32(29,30)19-9-7-18(8-10-19)31-21(22,23)24/h7-10,15-17,25H,3-6,11-14H2,1-2H3. The van der Waals surface area contributed by atoms with Gasteiger partial charge in [0.1, 0.15) is 5.75 Å². The summed E-state index contributed by atoms with van der Waals surface area (Å²) in [5.41, 5.74) is 0. The maximum absolute atomic E-state index is 12.9. The lowest BCUT2D eigenvalue weighted by atomic mass is 9.85. The SMILES string of the molecule is CC(C)N1CCN(C(=O)C2CCC(NS(=O)(=O)c3ccc(OC(F)(F)F)cc3)CC2)CC1. The number of nitrogens with one attached hydrogen (secondary N) is 1. The maximum Gasteiger partial charge on any atom is 0.573 e. The van der Waals surface area contributed by atoms with Crippen molar-refractivity contribution in [1.82, 2.24) is 14.5 Å². The molecule has 0 aromatic heterocycles. The van der Waals surface area contributed by atoms with Crippen molar-refractivity contribution >= 4 is 15.9 Å². The van der Waals surface area contributed by atoms with E-state index in [0.29, 0.717) is 31.7 Å². The van der Waals surface area contributed by atoms with Gasteiger partial charge in [0.25, 0.3) is 0 Å². The minimum atomic E-state index is -4.84. The Hall–Kier alpha value is -1.85. The number of carbonyl (C=O) groups is 1. The van der Waals surface area contributed by atoms with Gasteiger partial charge in [0.05, 0.1) is 4.90 Å². The molecule has 1 aromatic rings. The van der Waals surface area contributed by atoms with Crippen LogP contribution in [0.15, 0.2) is 29.2 Å². The first-order valence-corrected chi connectivity index (χ1v) is 12.3. The van der Waals surface area contributed by atoms with Crippen LogP contribution in [0.4, 0.5) is 13.2 Å². The summed E-state index contributed by atoms with van der Waals surface area (Å²) in [5.74, 6) is -0.431.